The molecule has 0 aliphatic carbocycles. The highest BCUT2D eigenvalue weighted by Gasteiger charge is 2.41. The fourth-order valence-corrected chi connectivity index (χ4v) is 4.12. The summed E-state index contributed by atoms with van der Waals surface area (Å²) in [4.78, 5) is 53.2. The molecule has 1 aliphatic rings. The van der Waals surface area contributed by atoms with Crippen LogP contribution < -0.4 is 10.6 Å². The molecule has 4 N–H and O–H groups in total. The van der Waals surface area contributed by atoms with Crippen molar-refractivity contribution in [2.45, 2.75) is 63.9 Å². The van der Waals surface area contributed by atoms with Gasteiger partial charge >= 0.3 is 15.2 Å². The summed E-state index contributed by atoms with van der Waals surface area (Å²) >= 11 is 0. The van der Waals surface area contributed by atoms with Crippen LogP contribution in [-0.2, 0) is 37.8 Å². The van der Waals surface area contributed by atoms with Gasteiger partial charge in [0.05, 0.1) is 24.5 Å². The highest BCUT2D eigenvalue weighted by atomic mass is 31.2. The molecule has 4 unspecified atom stereocenters. The predicted octanol–water partition coefficient (Wildman–Crippen LogP) is 0.834. The van der Waals surface area contributed by atoms with Gasteiger partial charge in [-0.25, -0.2) is 9.78 Å². The van der Waals surface area contributed by atoms with Crippen LogP contribution in [0.15, 0.2) is 0 Å². The molecule has 2 amide bonds. The maximum absolute atomic E-state index is 12.3. The monoisotopic (exact) mass is 446 g/mol. The van der Waals surface area contributed by atoms with Crippen LogP contribution in [-0.4, -0.2) is 58.2 Å². The van der Waals surface area contributed by atoms with Gasteiger partial charge in [0.25, 0.3) is 0 Å². The smallest absolute Gasteiger partial charge is 0.342 e. The van der Waals surface area contributed by atoms with Crippen LogP contribution in [0.2, 0.25) is 0 Å². The van der Waals surface area contributed by atoms with Crippen molar-refractivity contribution < 1.29 is 47.6 Å². The lowest BCUT2D eigenvalue weighted by molar-refractivity contribution is -0.209. The van der Waals surface area contributed by atoms with Crippen molar-refractivity contribution in [1.82, 2.24) is 10.6 Å². The molecular formula is C14H28N2O10P2. The van der Waals surface area contributed by atoms with Crippen LogP contribution in [0.3, 0.4) is 0 Å². The Hall–Kier alpha value is -0.840. The van der Waals surface area contributed by atoms with Crippen LogP contribution >= 0.6 is 15.2 Å². The van der Waals surface area contributed by atoms with E-state index in [0.29, 0.717) is 0 Å². The molecular weight excluding hydrogens is 418 g/mol. The van der Waals surface area contributed by atoms with Gasteiger partial charge in [-0.1, -0.05) is 13.8 Å². The second-order valence-electron chi connectivity index (χ2n) is 6.38. The number of carbonyl (C=O) groups excluding carboxylic acids is 2. The first kappa shape index (κ1) is 25.2. The molecule has 0 aromatic rings. The van der Waals surface area contributed by atoms with Gasteiger partial charge in [-0.15, -0.1) is 9.35 Å². The number of hydrogen-bond donors (Lipinski definition) is 4. The van der Waals surface area contributed by atoms with Gasteiger partial charge in [0, 0.05) is 0 Å². The minimum absolute atomic E-state index is 0.0690. The quantitative estimate of drug-likeness (QED) is 0.191. The summed E-state index contributed by atoms with van der Waals surface area (Å²) in [6, 6.07) is -2.11. The van der Waals surface area contributed by atoms with Crippen LogP contribution in [0.25, 0.3) is 0 Å². The van der Waals surface area contributed by atoms with E-state index >= 15 is 0 Å². The van der Waals surface area contributed by atoms with E-state index in [4.69, 9.17) is 0 Å². The second kappa shape index (κ2) is 10.8. The zero-order valence-corrected chi connectivity index (χ0v) is 18.0. The zero-order chi connectivity index (χ0) is 21.5. The average molecular weight is 446 g/mol. The van der Waals surface area contributed by atoms with Crippen molar-refractivity contribution in [1.29, 1.82) is 0 Å². The van der Waals surface area contributed by atoms with Gasteiger partial charge in [-0.3, -0.25) is 18.7 Å². The number of amides is 2. The Kier molecular flexibility index (Phi) is 9.72. The Morgan fingerprint density at radius 2 is 1.18 bits per heavy atom. The maximum atomic E-state index is 12.3. The number of nitrogens with one attached hydrogen (secondary N) is 2. The van der Waals surface area contributed by atoms with Gasteiger partial charge in [0.1, 0.15) is 12.1 Å². The molecule has 1 fully saturated rings. The first-order valence-corrected chi connectivity index (χ1v) is 12.1. The largest absolute Gasteiger partial charge is 0.358 e. The first-order chi connectivity index (χ1) is 12.9. The Morgan fingerprint density at radius 1 is 0.857 bits per heavy atom. The normalized spacial score (nSPS) is 26.5. The number of carbonyl (C=O) groups is 2. The van der Waals surface area contributed by atoms with E-state index < -0.39 is 50.4 Å². The van der Waals surface area contributed by atoms with E-state index in [2.05, 4.69) is 29.8 Å². The third-order valence-corrected chi connectivity index (χ3v) is 7.38. The molecule has 1 heterocycles. The molecule has 14 heteroatoms. The third-order valence-electron chi connectivity index (χ3n) is 4.09. The number of rotatable bonds is 12. The fraction of sp³-hybridized carbons (Fsp3) is 0.857. The van der Waals surface area contributed by atoms with E-state index in [9.17, 15) is 28.5 Å². The average Bonchev–Trinajstić information content (AvgIpc) is 2.62. The molecule has 0 spiro atoms. The van der Waals surface area contributed by atoms with Gasteiger partial charge in [-0.2, -0.15) is 0 Å². The maximum Gasteiger partial charge on any atom is 0.358 e. The summed E-state index contributed by atoms with van der Waals surface area (Å²) < 4.78 is 33.0. The van der Waals surface area contributed by atoms with Gasteiger partial charge in [0.15, 0.2) is 0 Å². The molecule has 0 bridgehead atoms. The zero-order valence-electron chi connectivity index (χ0n) is 16.2. The van der Waals surface area contributed by atoms with Crippen LogP contribution in [0, 0.1) is 0 Å². The summed E-state index contributed by atoms with van der Waals surface area (Å²) in [5.41, 5.74) is -1.97. The molecule has 1 rings (SSSR count). The lowest BCUT2D eigenvalue weighted by atomic mass is 10.0. The van der Waals surface area contributed by atoms with E-state index in [1.807, 2.05) is 0 Å². The molecule has 164 valence electrons. The topological polar surface area (TPSA) is 170 Å². The molecule has 0 aromatic carbocycles. The molecule has 1 saturated heterocycles. The second-order valence-corrected chi connectivity index (χ2v) is 10.7. The number of hydrogen-bond acceptors (Lipinski definition) is 8. The van der Waals surface area contributed by atoms with E-state index in [1.165, 1.54) is 13.8 Å². The van der Waals surface area contributed by atoms with Crippen LogP contribution in [0.4, 0.5) is 0 Å². The number of piperazine rings is 1. The van der Waals surface area contributed by atoms with E-state index in [-0.39, 0.29) is 26.1 Å². The summed E-state index contributed by atoms with van der Waals surface area (Å²) in [5, 5.41) is 4.90. The molecule has 1 aliphatic heterocycles. The Bertz CT molecular complexity index is 592. The Morgan fingerprint density at radius 3 is 1.46 bits per heavy atom. The van der Waals surface area contributed by atoms with Crippen molar-refractivity contribution >= 4 is 27.0 Å². The lowest BCUT2D eigenvalue weighted by Crippen LogP contribution is -2.62. The third kappa shape index (κ3) is 7.20. The van der Waals surface area contributed by atoms with Crippen LogP contribution in [0.5, 0.6) is 0 Å². The van der Waals surface area contributed by atoms with Crippen LogP contribution in [0.1, 0.15) is 40.5 Å². The predicted molar refractivity (Wildman–Crippen MR) is 97.1 cm³/mol. The minimum atomic E-state index is -4.14. The van der Waals surface area contributed by atoms with Crippen molar-refractivity contribution in [2.24, 2.45) is 0 Å². The fourth-order valence-electron chi connectivity index (χ4n) is 2.36. The Labute approximate surface area is 163 Å². The van der Waals surface area contributed by atoms with E-state index in [1.54, 1.807) is 13.8 Å². The highest BCUT2D eigenvalue weighted by Crippen LogP contribution is 2.50. The molecule has 6 atom stereocenters. The molecule has 0 saturated carbocycles. The van der Waals surface area contributed by atoms with E-state index in [0.717, 1.165) is 0 Å². The minimum Gasteiger partial charge on any atom is -0.342 e. The lowest BCUT2D eigenvalue weighted by Gasteiger charge is -2.32. The van der Waals surface area contributed by atoms with Gasteiger partial charge in [-0.05, 0) is 26.7 Å². The van der Waals surface area contributed by atoms with Crippen molar-refractivity contribution in [3.8, 4) is 0 Å². The van der Waals surface area contributed by atoms with Crippen molar-refractivity contribution in [3.63, 3.8) is 0 Å². The standard InChI is InChI=1S/C14H28N2O10P2/c1-5-23-25-27(19,20)9(3)7-11-13(17)16-12(14(18)15-11)8-10(4)28(21,22)26-24-6-2/h9-12H,5-8H2,1-4H3,(H,15,18)(H,16,17)(H,19,20)(H,21,22)/t9?,10?,11-,12-/m0/s1. The summed E-state index contributed by atoms with van der Waals surface area (Å²) in [6.45, 7) is 6.07. The van der Waals surface area contributed by atoms with Crippen molar-refractivity contribution in [3.05, 3.63) is 0 Å². The molecule has 12 nitrogen and oxygen atoms in total. The van der Waals surface area contributed by atoms with Gasteiger partial charge in [0.2, 0.25) is 11.8 Å². The molecule has 28 heavy (non-hydrogen) atoms. The highest BCUT2D eigenvalue weighted by molar-refractivity contribution is 7.53. The first-order valence-electron chi connectivity index (χ1n) is 8.82. The summed E-state index contributed by atoms with van der Waals surface area (Å²) in [7, 11) is -8.28. The molecule has 0 radical (unpaired) electrons. The summed E-state index contributed by atoms with van der Waals surface area (Å²) in [6.07, 6.45) is -0.320. The molecule has 0 aromatic heterocycles. The Balaban J connectivity index is 2.67. The van der Waals surface area contributed by atoms with Crippen molar-refractivity contribution in [2.75, 3.05) is 13.2 Å². The van der Waals surface area contributed by atoms with Gasteiger partial charge < -0.3 is 20.4 Å². The SMILES string of the molecule is CCOOP(=O)(O)C(C)C[C@@H]1NC(=O)[C@H](CC(C)P(=O)(O)OOCC)NC1=O. The summed E-state index contributed by atoms with van der Waals surface area (Å²) in [5.74, 6) is -1.17.